The number of carbonyl (C=O) groups excluding carboxylic acids is 1. The number of H-pyrrole nitrogens is 1. The number of fused-ring (bicyclic) bond motifs is 1. The van der Waals surface area contributed by atoms with Crippen LogP contribution >= 0.6 is 0 Å². The summed E-state index contributed by atoms with van der Waals surface area (Å²) < 4.78 is 19.4. The zero-order valence-electron chi connectivity index (χ0n) is 18.0. The van der Waals surface area contributed by atoms with Crippen LogP contribution in [-0.4, -0.2) is 50.3 Å². The van der Waals surface area contributed by atoms with Crippen molar-refractivity contribution in [2.75, 3.05) is 39.4 Å². The maximum Gasteiger partial charge on any atom is 0.221 e. The molecule has 1 saturated heterocycles. The number of hydrogen-bond donors (Lipinski definition) is 3. The molecular formula is C25H31FN3O2+. The number of aromatic amines is 1. The van der Waals surface area contributed by atoms with Crippen molar-refractivity contribution in [3.8, 4) is 0 Å². The Kier molecular flexibility index (Phi) is 6.99. The quantitative estimate of drug-likeness (QED) is 0.520. The predicted octanol–water partition coefficient (Wildman–Crippen LogP) is 2.42. The summed E-state index contributed by atoms with van der Waals surface area (Å²) >= 11 is 0. The molecule has 4 rings (SSSR count). The number of para-hydroxylation sites is 1. The Balaban J connectivity index is 1.53. The van der Waals surface area contributed by atoms with Gasteiger partial charge in [0.25, 0.3) is 0 Å². The fourth-order valence-electron chi connectivity index (χ4n) is 4.50. The van der Waals surface area contributed by atoms with Gasteiger partial charge >= 0.3 is 0 Å². The van der Waals surface area contributed by atoms with E-state index in [1.807, 2.05) is 18.3 Å². The van der Waals surface area contributed by atoms with Crippen LogP contribution in [0, 0.1) is 5.82 Å². The van der Waals surface area contributed by atoms with E-state index in [-0.39, 0.29) is 24.1 Å². The van der Waals surface area contributed by atoms with Crippen molar-refractivity contribution in [3.05, 3.63) is 71.2 Å². The molecule has 0 saturated carbocycles. The summed E-state index contributed by atoms with van der Waals surface area (Å²) in [6, 6.07) is 12.8. The van der Waals surface area contributed by atoms with Crippen LogP contribution < -0.4 is 10.2 Å². The molecule has 3 N–H and O–H groups in total. The van der Waals surface area contributed by atoms with Crippen LogP contribution in [0.25, 0.3) is 10.9 Å². The third-order valence-electron chi connectivity index (χ3n) is 6.23. The molecule has 2 heterocycles. The van der Waals surface area contributed by atoms with E-state index in [1.54, 1.807) is 12.1 Å². The van der Waals surface area contributed by atoms with Gasteiger partial charge in [0.05, 0.1) is 26.3 Å². The fraction of sp³-hybridized carbons (Fsp3) is 0.400. The molecule has 1 aliphatic rings. The molecule has 6 heteroatoms. The predicted molar refractivity (Wildman–Crippen MR) is 120 cm³/mol. The highest BCUT2D eigenvalue weighted by atomic mass is 19.1. The maximum atomic E-state index is 14.0. The van der Waals surface area contributed by atoms with Crippen molar-refractivity contribution in [3.63, 3.8) is 0 Å². The lowest BCUT2D eigenvalue weighted by molar-refractivity contribution is -0.906. The topological polar surface area (TPSA) is 58.6 Å². The Labute approximate surface area is 182 Å². The minimum absolute atomic E-state index is 0.0112. The van der Waals surface area contributed by atoms with Crippen LogP contribution in [0.3, 0.4) is 0 Å². The molecule has 0 radical (unpaired) electrons. The first-order valence-electron chi connectivity index (χ1n) is 11.2. The average Bonchev–Trinajstić information content (AvgIpc) is 3.22. The molecule has 31 heavy (non-hydrogen) atoms. The van der Waals surface area contributed by atoms with Gasteiger partial charge in [-0.1, -0.05) is 37.3 Å². The van der Waals surface area contributed by atoms with Crippen molar-refractivity contribution < 1.29 is 18.8 Å². The molecule has 1 fully saturated rings. The summed E-state index contributed by atoms with van der Waals surface area (Å²) in [6.45, 7) is 7.19. The third kappa shape index (κ3) is 5.14. The van der Waals surface area contributed by atoms with Gasteiger partial charge in [-0.2, -0.15) is 0 Å². The summed E-state index contributed by atoms with van der Waals surface area (Å²) in [6.07, 6.45) is 3.18. The number of hydrogen-bond acceptors (Lipinski definition) is 2. The first kappa shape index (κ1) is 21.5. The number of rotatable bonds is 8. The van der Waals surface area contributed by atoms with Crippen LogP contribution in [-0.2, 0) is 16.0 Å². The Morgan fingerprint density at radius 1 is 1.23 bits per heavy atom. The third-order valence-corrected chi connectivity index (χ3v) is 6.23. The van der Waals surface area contributed by atoms with Gasteiger partial charge in [-0.25, -0.2) is 4.39 Å². The average molecular weight is 425 g/mol. The van der Waals surface area contributed by atoms with Crippen LogP contribution in [0.5, 0.6) is 0 Å². The Bertz CT molecular complexity index is 1030. The lowest BCUT2D eigenvalue weighted by Crippen LogP contribution is -3.14. The summed E-state index contributed by atoms with van der Waals surface area (Å²) in [5.74, 6) is -0.511. The minimum Gasteiger partial charge on any atom is -0.370 e. The van der Waals surface area contributed by atoms with Crippen LogP contribution in [0.15, 0.2) is 48.7 Å². The van der Waals surface area contributed by atoms with Gasteiger partial charge in [0, 0.05) is 29.4 Å². The van der Waals surface area contributed by atoms with Gasteiger partial charge < -0.3 is 19.9 Å². The van der Waals surface area contributed by atoms with Crippen molar-refractivity contribution in [1.82, 2.24) is 10.3 Å². The number of quaternary nitrogens is 1. The molecule has 164 valence electrons. The van der Waals surface area contributed by atoms with E-state index in [0.29, 0.717) is 6.54 Å². The number of nitrogens with one attached hydrogen (secondary N) is 3. The molecule has 1 aromatic heterocycles. The molecule has 0 aliphatic carbocycles. The lowest BCUT2D eigenvalue weighted by Gasteiger charge is -2.24. The molecule has 5 nitrogen and oxygen atoms in total. The van der Waals surface area contributed by atoms with Crippen molar-refractivity contribution in [2.24, 2.45) is 0 Å². The van der Waals surface area contributed by atoms with E-state index in [9.17, 15) is 9.18 Å². The van der Waals surface area contributed by atoms with Gasteiger partial charge in [0.1, 0.15) is 18.9 Å². The SMILES string of the molecule is CCc1cccc2c([C@H](CC(=O)NCC[NH+]3CCOCC3)c3cccc(F)c3)c[nH]c12. The molecule has 1 amide bonds. The number of aryl methyl sites for hydroxylation is 1. The van der Waals surface area contributed by atoms with Gasteiger partial charge in [-0.05, 0) is 35.2 Å². The second-order valence-electron chi connectivity index (χ2n) is 8.21. The number of halogens is 1. The number of amides is 1. The van der Waals surface area contributed by atoms with Gasteiger partial charge in [0.2, 0.25) is 5.91 Å². The van der Waals surface area contributed by atoms with Crippen LogP contribution in [0.1, 0.15) is 36.0 Å². The number of ether oxygens (including phenoxy) is 1. The second-order valence-corrected chi connectivity index (χ2v) is 8.21. The van der Waals surface area contributed by atoms with Crippen molar-refractivity contribution in [2.45, 2.75) is 25.7 Å². The summed E-state index contributed by atoms with van der Waals surface area (Å²) in [5, 5.41) is 4.17. The van der Waals surface area contributed by atoms with Crippen molar-refractivity contribution >= 4 is 16.8 Å². The zero-order valence-corrected chi connectivity index (χ0v) is 18.0. The number of benzene rings is 2. The maximum absolute atomic E-state index is 14.0. The molecule has 0 bridgehead atoms. The van der Waals surface area contributed by atoms with Gasteiger partial charge in [0.15, 0.2) is 0 Å². The number of carbonyl (C=O) groups is 1. The van der Waals surface area contributed by atoms with E-state index in [1.165, 1.54) is 16.5 Å². The largest absolute Gasteiger partial charge is 0.370 e. The monoisotopic (exact) mass is 424 g/mol. The molecule has 0 unspecified atom stereocenters. The summed E-state index contributed by atoms with van der Waals surface area (Å²) in [7, 11) is 0. The van der Waals surface area contributed by atoms with E-state index in [2.05, 4.69) is 29.4 Å². The highest BCUT2D eigenvalue weighted by Gasteiger charge is 2.23. The van der Waals surface area contributed by atoms with E-state index in [4.69, 9.17) is 4.74 Å². The van der Waals surface area contributed by atoms with Crippen molar-refractivity contribution in [1.29, 1.82) is 0 Å². The second kappa shape index (κ2) is 10.1. The highest BCUT2D eigenvalue weighted by Crippen LogP contribution is 2.34. The van der Waals surface area contributed by atoms with E-state index in [0.717, 1.165) is 61.3 Å². The molecule has 0 spiro atoms. The first-order chi connectivity index (χ1) is 15.2. The summed E-state index contributed by atoms with van der Waals surface area (Å²) in [5.41, 5.74) is 4.18. The molecule has 1 atom stereocenters. The number of aromatic nitrogens is 1. The number of morpholine rings is 1. The molecular weight excluding hydrogens is 393 g/mol. The van der Waals surface area contributed by atoms with E-state index >= 15 is 0 Å². The van der Waals surface area contributed by atoms with Gasteiger partial charge in [-0.3, -0.25) is 4.79 Å². The van der Waals surface area contributed by atoms with Gasteiger partial charge in [-0.15, -0.1) is 0 Å². The lowest BCUT2D eigenvalue weighted by atomic mass is 9.87. The Morgan fingerprint density at radius 2 is 2.03 bits per heavy atom. The molecule has 3 aromatic rings. The van der Waals surface area contributed by atoms with Crippen LogP contribution in [0.4, 0.5) is 4.39 Å². The molecule has 1 aliphatic heterocycles. The Hall–Kier alpha value is -2.70. The van der Waals surface area contributed by atoms with E-state index < -0.39 is 0 Å². The fourth-order valence-corrected chi connectivity index (χ4v) is 4.50. The highest BCUT2D eigenvalue weighted by molar-refractivity contribution is 5.88. The van der Waals surface area contributed by atoms with Crippen LogP contribution in [0.2, 0.25) is 0 Å². The smallest absolute Gasteiger partial charge is 0.221 e. The molecule has 2 aromatic carbocycles. The first-order valence-corrected chi connectivity index (χ1v) is 11.2. The summed E-state index contributed by atoms with van der Waals surface area (Å²) in [4.78, 5) is 17.7. The normalized spacial score (nSPS) is 15.8. The standard InChI is InChI=1S/C25H30FN3O2/c1-2-18-5-4-8-21-23(17-28-25(18)21)22(19-6-3-7-20(26)15-19)16-24(30)27-9-10-29-11-13-31-14-12-29/h3-8,15,17,22,28H,2,9-14,16H2,1H3,(H,27,30)/p+1/t22-/m1/s1. The Morgan fingerprint density at radius 3 is 2.81 bits per heavy atom. The zero-order chi connectivity index (χ0) is 21.6. The minimum atomic E-state index is -0.284.